The van der Waals surface area contributed by atoms with Crippen LogP contribution in [0.5, 0.6) is 5.75 Å². The topological polar surface area (TPSA) is 73.2 Å². The molecule has 0 saturated carbocycles. The van der Waals surface area contributed by atoms with Crippen LogP contribution in [0.3, 0.4) is 0 Å². The van der Waals surface area contributed by atoms with Crippen molar-refractivity contribution in [2.45, 2.75) is 20.3 Å². The Labute approximate surface area is 282 Å². The van der Waals surface area contributed by atoms with Gasteiger partial charge in [0.05, 0.1) is 12.8 Å². The summed E-state index contributed by atoms with van der Waals surface area (Å²) < 4.78 is 16.9. The van der Waals surface area contributed by atoms with Gasteiger partial charge in [-0.05, 0) is 122 Å². The van der Waals surface area contributed by atoms with Crippen LogP contribution in [0, 0.1) is 13.8 Å². The molecule has 6 aromatic rings. The summed E-state index contributed by atoms with van der Waals surface area (Å²) in [7, 11) is -4.02. The highest BCUT2D eigenvalue weighted by Gasteiger charge is 2.16. The molecule has 6 nitrogen and oxygen atoms in total. The van der Waals surface area contributed by atoms with Gasteiger partial charge in [0, 0.05) is 34.1 Å². The van der Waals surface area contributed by atoms with E-state index in [4.69, 9.17) is 14.5 Å². The molecule has 0 saturated heterocycles. The molecular formula is C41H39N2O4P. The van der Waals surface area contributed by atoms with Gasteiger partial charge >= 0.3 is 7.60 Å². The van der Waals surface area contributed by atoms with E-state index in [-0.39, 0.29) is 19.2 Å². The molecule has 0 aliphatic carbocycles. The van der Waals surface area contributed by atoms with Crippen LogP contribution in [0.15, 0.2) is 152 Å². The second-order valence-corrected chi connectivity index (χ2v) is 13.6. The molecule has 0 aliphatic rings. The third kappa shape index (κ3) is 8.23. The number of aryl methyl sites for hydroxylation is 2. The minimum atomic E-state index is -4.02. The molecule has 0 amide bonds. The minimum absolute atomic E-state index is 0.189. The summed E-state index contributed by atoms with van der Waals surface area (Å²) in [6, 6.07) is 52.5. The molecule has 6 aromatic carbocycles. The number of benzene rings is 6. The highest BCUT2D eigenvalue weighted by molar-refractivity contribution is 7.51. The van der Waals surface area contributed by atoms with Gasteiger partial charge in [-0.3, -0.25) is 4.57 Å². The lowest BCUT2D eigenvalue weighted by molar-refractivity contribution is 0.309. The number of hydrogen-bond acceptors (Lipinski definition) is 4. The van der Waals surface area contributed by atoms with Crippen LogP contribution in [-0.4, -0.2) is 22.6 Å². The molecule has 0 radical (unpaired) electrons. The van der Waals surface area contributed by atoms with E-state index in [9.17, 15) is 4.57 Å². The van der Waals surface area contributed by atoms with Gasteiger partial charge in [0.2, 0.25) is 0 Å². The maximum absolute atomic E-state index is 11.1. The second kappa shape index (κ2) is 14.7. The first-order chi connectivity index (χ1) is 23.2. The van der Waals surface area contributed by atoms with Gasteiger partial charge in [-0.15, -0.1) is 0 Å². The van der Waals surface area contributed by atoms with E-state index < -0.39 is 7.60 Å². The van der Waals surface area contributed by atoms with Crippen molar-refractivity contribution < 1.29 is 19.1 Å². The molecule has 2 N–H and O–H groups in total. The first kappa shape index (κ1) is 32.8. The molecule has 0 heterocycles. The van der Waals surface area contributed by atoms with E-state index in [0.29, 0.717) is 5.75 Å². The molecule has 0 fully saturated rings. The Bertz CT molecular complexity index is 1970. The van der Waals surface area contributed by atoms with Gasteiger partial charge in [-0.25, -0.2) is 0 Å². The Hall–Kier alpha value is -5.13. The lowest BCUT2D eigenvalue weighted by Gasteiger charge is -2.26. The summed E-state index contributed by atoms with van der Waals surface area (Å²) >= 11 is 0. The molecule has 6 rings (SSSR count). The maximum atomic E-state index is 11.1. The van der Waals surface area contributed by atoms with Crippen LogP contribution in [0.2, 0.25) is 0 Å². The Kier molecular flexibility index (Phi) is 10.1. The predicted octanol–water partition coefficient (Wildman–Crippen LogP) is 10.9. The zero-order valence-corrected chi connectivity index (χ0v) is 28.0. The fraction of sp³-hybridized carbons (Fsp3) is 0.122. The Morgan fingerprint density at radius 1 is 0.521 bits per heavy atom. The Morgan fingerprint density at radius 2 is 0.979 bits per heavy atom. The molecule has 0 spiro atoms. The number of nitrogens with zero attached hydrogens (tertiary/aromatic N) is 2. The average Bonchev–Trinajstić information content (AvgIpc) is 3.09. The van der Waals surface area contributed by atoms with Crippen molar-refractivity contribution in [2.75, 3.05) is 22.6 Å². The molecule has 7 heteroatoms. The van der Waals surface area contributed by atoms with Crippen LogP contribution in [-0.2, 0) is 4.57 Å². The third-order valence-corrected chi connectivity index (χ3v) is 9.01. The first-order valence-corrected chi connectivity index (χ1v) is 17.8. The molecule has 242 valence electrons. The molecule has 0 aliphatic heterocycles. The number of ether oxygens (including phenoxy) is 1. The van der Waals surface area contributed by atoms with E-state index >= 15 is 0 Å². The smallest absolute Gasteiger partial charge is 0.325 e. The predicted molar refractivity (Wildman–Crippen MR) is 198 cm³/mol. The zero-order chi connectivity index (χ0) is 33.5. The van der Waals surface area contributed by atoms with Gasteiger partial charge in [0.1, 0.15) is 5.75 Å². The fourth-order valence-corrected chi connectivity index (χ4v) is 6.23. The van der Waals surface area contributed by atoms with Gasteiger partial charge in [-0.1, -0.05) is 72.3 Å². The van der Waals surface area contributed by atoms with Crippen LogP contribution in [0.1, 0.15) is 17.5 Å². The number of rotatable bonds is 12. The number of anilines is 6. The molecule has 0 bridgehead atoms. The van der Waals surface area contributed by atoms with Crippen molar-refractivity contribution in [1.82, 2.24) is 0 Å². The van der Waals surface area contributed by atoms with E-state index in [1.807, 2.05) is 30.3 Å². The normalized spacial score (nSPS) is 11.2. The standard InChI is InChI=1S/C41H39N2O4P/c1-31-12-18-36(19-13-31)42(35-9-4-3-5-10-35)37-20-14-33(15-21-37)34-16-22-38(23-17-34)43(40-11-6-8-32(2)30-40)39-24-26-41(27-25-39)47-28-7-29-48(44,45)46/h3-6,8-27,30H,7,28-29H2,1-2H3,(H2,44,45,46). The Balaban J connectivity index is 1.24. The molecular weight excluding hydrogens is 615 g/mol. The van der Waals surface area contributed by atoms with Crippen LogP contribution < -0.4 is 14.5 Å². The summed E-state index contributed by atoms with van der Waals surface area (Å²) in [5.74, 6) is 0.653. The van der Waals surface area contributed by atoms with Crippen molar-refractivity contribution in [1.29, 1.82) is 0 Å². The zero-order valence-electron chi connectivity index (χ0n) is 27.1. The van der Waals surface area contributed by atoms with E-state index in [2.05, 4.69) is 145 Å². The highest BCUT2D eigenvalue weighted by Crippen LogP contribution is 2.39. The van der Waals surface area contributed by atoms with Gasteiger partial charge in [0.15, 0.2) is 0 Å². The van der Waals surface area contributed by atoms with Gasteiger partial charge < -0.3 is 24.3 Å². The van der Waals surface area contributed by atoms with E-state index in [0.717, 1.165) is 50.8 Å². The maximum Gasteiger partial charge on any atom is 0.325 e. The first-order valence-electron chi connectivity index (χ1n) is 16.0. The quantitative estimate of drug-likeness (QED) is 0.101. The molecule has 0 unspecified atom stereocenters. The molecule has 0 atom stereocenters. The van der Waals surface area contributed by atoms with Crippen LogP contribution >= 0.6 is 7.60 Å². The van der Waals surface area contributed by atoms with Crippen LogP contribution in [0.25, 0.3) is 11.1 Å². The summed E-state index contributed by atoms with van der Waals surface area (Å²) in [5, 5.41) is 0. The van der Waals surface area contributed by atoms with E-state index in [1.54, 1.807) is 0 Å². The molecule has 0 aromatic heterocycles. The average molecular weight is 655 g/mol. The van der Waals surface area contributed by atoms with Crippen molar-refractivity contribution in [2.24, 2.45) is 0 Å². The second-order valence-electron chi connectivity index (χ2n) is 11.9. The fourth-order valence-electron chi connectivity index (χ4n) is 5.69. The SMILES string of the molecule is Cc1ccc(N(c2ccccc2)c2ccc(-c3ccc(N(c4ccc(OCCCP(=O)(O)O)cc4)c4cccc(C)c4)cc3)cc2)cc1. The van der Waals surface area contributed by atoms with Crippen molar-refractivity contribution >= 4 is 41.7 Å². The van der Waals surface area contributed by atoms with E-state index in [1.165, 1.54) is 5.56 Å². The summed E-state index contributed by atoms with van der Waals surface area (Å²) in [4.78, 5) is 22.7. The number of para-hydroxylation sites is 1. The summed E-state index contributed by atoms with van der Waals surface area (Å²) in [5.41, 5.74) is 11.0. The largest absolute Gasteiger partial charge is 0.494 e. The number of hydrogen-bond donors (Lipinski definition) is 2. The molecule has 48 heavy (non-hydrogen) atoms. The van der Waals surface area contributed by atoms with Gasteiger partial charge in [-0.2, -0.15) is 0 Å². The summed E-state index contributed by atoms with van der Waals surface area (Å²) in [6.07, 6.45) is 0.0977. The van der Waals surface area contributed by atoms with Crippen molar-refractivity contribution in [3.8, 4) is 16.9 Å². The summed E-state index contributed by atoms with van der Waals surface area (Å²) in [6.45, 7) is 4.43. The van der Waals surface area contributed by atoms with Crippen molar-refractivity contribution in [3.63, 3.8) is 0 Å². The van der Waals surface area contributed by atoms with Crippen molar-refractivity contribution in [3.05, 3.63) is 163 Å². The Morgan fingerprint density at radius 3 is 1.50 bits per heavy atom. The lowest BCUT2D eigenvalue weighted by Crippen LogP contribution is -2.10. The minimum Gasteiger partial charge on any atom is -0.494 e. The third-order valence-electron chi connectivity index (χ3n) is 8.11. The van der Waals surface area contributed by atoms with Gasteiger partial charge in [0.25, 0.3) is 0 Å². The monoisotopic (exact) mass is 654 g/mol. The highest BCUT2D eigenvalue weighted by atomic mass is 31.2. The van der Waals surface area contributed by atoms with Crippen LogP contribution in [0.4, 0.5) is 34.1 Å². The lowest BCUT2D eigenvalue weighted by atomic mass is 10.0.